The molecule has 1 aliphatic rings. The summed E-state index contributed by atoms with van der Waals surface area (Å²) in [6.07, 6.45) is 1.11. The van der Waals surface area contributed by atoms with E-state index in [-0.39, 0.29) is 0 Å². The smallest absolute Gasteiger partial charge is 0.223 e. The number of benzene rings is 1. The molecular formula is C18H25N5O2. The summed E-state index contributed by atoms with van der Waals surface area (Å²) < 4.78 is 10.2. The maximum absolute atomic E-state index is 5.24. The standard InChI is InChI=1S/C18H25N5O2/c1-4-19-18(20-11-17-21-13(2)25-22-17)23-10-9-15(12-23)14-5-7-16(24-3)8-6-14/h5-8,15H,4,9-12H2,1-3H3,(H,19,20)/t15-/m1/s1. The van der Waals surface area contributed by atoms with Crippen LogP contribution in [-0.4, -0.2) is 47.7 Å². The molecule has 0 aliphatic carbocycles. The summed E-state index contributed by atoms with van der Waals surface area (Å²) in [5.74, 6) is 3.47. The summed E-state index contributed by atoms with van der Waals surface area (Å²) in [6.45, 7) is 7.03. The summed E-state index contributed by atoms with van der Waals surface area (Å²) in [7, 11) is 1.69. The molecule has 1 saturated heterocycles. The largest absolute Gasteiger partial charge is 0.497 e. The van der Waals surface area contributed by atoms with Crippen LogP contribution in [0, 0.1) is 6.92 Å². The molecule has 1 N–H and O–H groups in total. The molecule has 1 fully saturated rings. The Balaban J connectivity index is 1.66. The number of rotatable bonds is 5. The zero-order valence-corrected chi connectivity index (χ0v) is 15.0. The van der Waals surface area contributed by atoms with Gasteiger partial charge in [-0.15, -0.1) is 0 Å². The van der Waals surface area contributed by atoms with Gasteiger partial charge in [-0.25, -0.2) is 4.99 Å². The number of guanidine groups is 1. The van der Waals surface area contributed by atoms with Crippen LogP contribution in [0.3, 0.4) is 0 Å². The molecule has 1 aliphatic heterocycles. The molecule has 0 radical (unpaired) electrons. The lowest BCUT2D eigenvalue weighted by atomic mass is 9.98. The second-order valence-electron chi connectivity index (χ2n) is 6.10. The number of hydrogen-bond acceptors (Lipinski definition) is 5. The molecule has 25 heavy (non-hydrogen) atoms. The first kappa shape index (κ1) is 17.3. The van der Waals surface area contributed by atoms with Crippen molar-refractivity contribution in [1.29, 1.82) is 0 Å². The minimum absolute atomic E-state index is 0.420. The van der Waals surface area contributed by atoms with E-state index in [4.69, 9.17) is 9.26 Å². The Morgan fingerprint density at radius 2 is 2.20 bits per heavy atom. The fourth-order valence-corrected chi connectivity index (χ4v) is 3.08. The van der Waals surface area contributed by atoms with Crippen LogP contribution in [0.2, 0.25) is 0 Å². The molecule has 0 unspecified atom stereocenters. The van der Waals surface area contributed by atoms with Crippen LogP contribution >= 0.6 is 0 Å². The Bertz CT molecular complexity index is 711. The highest BCUT2D eigenvalue weighted by Gasteiger charge is 2.26. The zero-order chi connectivity index (χ0) is 17.6. The Hall–Kier alpha value is -2.57. The van der Waals surface area contributed by atoms with Gasteiger partial charge in [0.1, 0.15) is 12.3 Å². The van der Waals surface area contributed by atoms with E-state index in [1.807, 2.05) is 12.1 Å². The lowest BCUT2D eigenvalue weighted by molar-refractivity contribution is 0.387. The van der Waals surface area contributed by atoms with Gasteiger partial charge in [-0.05, 0) is 31.0 Å². The number of methoxy groups -OCH3 is 1. The molecule has 3 rings (SSSR count). The summed E-state index contributed by atoms with van der Waals surface area (Å²) >= 11 is 0. The Morgan fingerprint density at radius 1 is 1.40 bits per heavy atom. The monoisotopic (exact) mass is 343 g/mol. The molecule has 7 nitrogen and oxygen atoms in total. The first-order valence-electron chi connectivity index (χ1n) is 8.66. The molecule has 0 bridgehead atoms. The average molecular weight is 343 g/mol. The van der Waals surface area contributed by atoms with Crippen molar-refractivity contribution in [3.8, 4) is 5.75 Å². The van der Waals surface area contributed by atoms with Crippen molar-refractivity contribution in [2.75, 3.05) is 26.7 Å². The predicted molar refractivity (Wildman–Crippen MR) is 95.8 cm³/mol. The number of aliphatic imine (C=N–C) groups is 1. The molecule has 1 aromatic heterocycles. The van der Waals surface area contributed by atoms with E-state index in [2.05, 4.69) is 44.4 Å². The lowest BCUT2D eigenvalue weighted by Crippen LogP contribution is -2.40. The normalized spacial score (nSPS) is 17.8. The highest BCUT2D eigenvalue weighted by atomic mass is 16.5. The Labute approximate surface area is 148 Å². The number of ether oxygens (including phenoxy) is 1. The summed E-state index contributed by atoms with van der Waals surface area (Å²) in [6, 6.07) is 8.35. The van der Waals surface area contributed by atoms with E-state index in [1.54, 1.807) is 14.0 Å². The number of nitrogens with zero attached hydrogens (tertiary/aromatic N) is 4. The molecule has 2 heterocycles. The third kappa shape index (κ3) is 4.29. The van der Waals surface area contributed by atoms with Crippen LogP contribution in [0.15, 0.2) is 33.8 Å². The van der Waals surface area contributed by atoms with E-state index in [0.717, 1.165) is 37.8 Å². The maximum atomic E-state index is 5.24. The van der Waals surface area contributed by atoms with Crippen molar-refractivity contribution >= 4 is 5.96 Å². The van der Waals surface area contributed by atoms with Gasteiger partial charge in [0, 0.05) is 32.5 Å². The number of aromatic nitrogens is 2. The van der Waals surface area contributed by atoms with E-state index in [9.17, 15) is 0 Å². The van der Waals surface area contributed by atoms with Crippen LogP contribution in [0.4, 0.5) is 0 Å². The van der Waals surface area contributed by atoms with Crippen LogP contribution < -0.4 is 10.1 Å². The van der Waals surface area contributed by atoms with Crippen LogP contribution in [0.1, 0.15) is 36.5 Å². The second-order valence-corrected chi connectivity index (χ2v) is 6.10. The average Bonchev–Trinajstić information content (AvgIpc) is 3.28. The topological polar surface area (TPSA) is 75.8 Å². The van der Waals surface area contributed by atoms with Crippen molar-refractivity contribution in [3.63, 3.8) is 0 Å². The zero-order valence-electron chi connectivity index (χ0n) is 15.0. The first-order chi connectivity index (χ1) is 12.2. The number of aryl methyl sites for hydroxylation is 1. The summed E-state index contributed by atoms with van der Waals surface area (Å²) in [5.41, 5.74) is 1.34. The number of hydrogen-bond donors (Lipinski definition) is 1. The Kier molecular flexibility index (Phi) is 5.53. The van der Waals surface area contributed by atoms with Crippen molar-refractivity contribution in [2.24, 2.45) is 4.99 Å². The van der Waals surface area contributed by atoms with Crippen molar-refractivity contribution in [2.45, 2.75) is 32.7 Å². The maximum Gasteiger partial charge on any atom is 0.223 e. The molecule has 1 atom stereocenters. The highest BCUT2D eigenvalue weighted by Crippen LogP contribution is 2.28. The summed E-state index contributed by atoms with van der Waals surface area (Å²) in [5, 5.41) is 7.26. The van der Waals surface area contributed by atoms with Gasteiger partial charge in [0.2, 0.25) is 5.89 Å². The Morgan fingerprint density at radius 3 is 2.84 bits per heavy atom. The molecule has 1 aromatic carbocycles. The SMILES string of the molecule is CCNC(=NCc1noc(C)n1)N1CC[C@@H](c2ccc(OC)cc2)C1. The van der Waals surface area contributed by atoms with Crippen LogP contribution in [0.5, 0.6) is 5.75 Å². The fraction of sp³-hybridized carbons (Fsp3) is 0.500. The highest BCUT2D eigenvalue weighted by molar-refractivity contribution is 5.80. The number of likely N-dealkylation sites (tertiary alicyclic amines) is 1. The molecule has 7 heteroatoms. The van der Waals surface area contributed by atoms with E-state index in [1.165, 1.54) is 5.56 Å². The molecule has 134 valence electrons. The molecule has 0 spiro atoms. The van der Waals surface area contributed by atoms with Crippen LogP contribution in [0.25, 0.3) is 0 Å². The van der Waals surface area contributed by atoms with Gasteiger partial charge in [-0.2, -0.15) is 4.98 Å². The van der Waals surface area contributed by atoms with E-state index >= 15 is 0 Å². The molecule has 0 amide bonds. The van der Waals surface area contributed by atoms with Gasteiger partial charge in [0.15, 0.2) is 11.8 Å². The number of nitrogens with one attached hydrogen (secondary N) is 1. The fourth-order valence-electron chi connectivity index (χ4n) is 3.08. The van der Waals surface area contributed by atoms with E-state index in [0.29, 0.717) is 24.2 Å². The third-order valence-corrected chi connectivity index (χ3v) is 4.35. The van der Waals surface area contributed by atoms with Gasteiger partial charge < -0.3 is 19.5 Å². The molecule has 2 aromatic rings. The second kappa shape index (κ2) is 8.00. The predicted octanol–water partition coefficient (Wildman–Crippen LogP) is 2.34. The van der Waals surface area contributed by atoms with Gasteiger partial charge >= 0.3 is 0 Å². The van der Waals surface area contributed by atoms with Gasteiger partial charge in [0.05, 0.1) is 7.11 Å². The third-order valence-electron chi connectivity index (χ3n) is 4.35. The van der Waals surface area contributed by atoms with Crippen molar-refractivity contribution in [1.82, 2.24) is 20.4 Å². The van der Waals surface area contributed by atoms with Crippen LogP contribution in [-0.2, 0) is 6.54 Å². The quantitative estimate of drug-likeness (QED) is 0.663. The minimum atomic E-state index is 0.420. The van der Waals surface area contributed by atoms with E-state index < -0.39 is 0 Å². The molecule has 0 saturated carbocycles. The van der Waals surface area contributed by atoms with Crippen molar-refractivity contribution in [3.05, 3.63) is 41.5 Å². The van der Waals surface area contributed by atoms with Gasteiger partial charge in [0.25, 0.3) is 0 Å². The van der Waals surface area contributed by atoms with Crippen molar-refractivity contribution < 1.29 is 9.26 Å². The minimum Gasteiger partial charge on any atom is -0.497 e. The van der Waals surface area contributed by atoms with Gasteiger partial charge in [-0.3, -0.25) is 0 Å². The first-order valence-corrected chi connectivity index (χ1v) is 8.66. The lowest BCUT2D eigenvalue weighted by Gasteiger charge is -2.21. The van der Waals surface area contributed by atoms with Gasteiger partial charge in [-0.1, -0.05) is 17.3 Å². The summed E-state index contributed by atoms with van der Waals surface area (Å²) in [4.78, 5) is 11.2. The molecular weight excluding hydrogens is 318 g/mol.